The molecule has 0 spiro atoms. The number of hydrogen-bond acceptors (Lipinski definition) is 4. The van der Waals surface area contributed by atoms with E-state index in [9.17, 15) is 9.59 Å². The van der Waals surface area contributed by atoms with Crippen LogP contribution in [-0.2, 0) is 0 Å². The van der Waals surface area contributed by atoms with Gasteiger partial charge in [0.2, 0.25) is 5.78 Å². The van der Waals surface area contributed by atoms with Crippen molar-refractivity contribution in [3.05, 3.63) is 46.0 Å². The highest BCUT2D eigenvalue weighted by molar-refractivity contribution is 6.50. The molecule has 1 aliphatic heterocycles. The van der Waals surface area contributed by atoms with Gasteiger partial charge in [0.1, 0.15) is 0 Å². The van der Waals surface area contributed by atoms with Gasteiger partial charge in [-0.1, -0.05) is 35.9 Å². The number of allylic oxidation sites excluding steroid dienone is 1. The first-order valence-corrected chi connectivity index (χ1v) is 7.43. The Kier molecular flexibility index (Phi) is 3.93. The Balaban J connectivity index is 1.87. The number of nitrogens with zero attached hydrogens (tertiary/aromatic N) is 2. The maximum Gasteiger partial charge on any atom is 0.205 e. The Bertz CT molecular complexity index is 631. The Morgan fingerprint density at radius 3 is 2.19 bits per heavy atom. The van der Waals surface area contributed by atoms with Gasteiger partial charge in [0.25, 0.3) is 0 Å². The smallest absolute Gasteiger partial charge is 0.205 e. The minimum Gasteiger partial charge on any atom is -0.304 e. The van der Waals surface area contributed by atoms with E-state index in [1.54, 1.807) is 24.3 Å². The summed E-state index contributed by atoms with van der Waals surface area (Å²) in [5.74, 6) is -0.356. The average Bonchev–Trinajstić information content (AvgIpc) is 2.51. The molecule has 3 rings (SSSR count). The fraction of sp³-hybridized carbons (Fsp3) is 0.375. The Morgan fingerprint density at radius 1 is 1.00 bits per heavy atom. The van der Waals surface area contributed by atoms with Crippen molar-refractivity contribution in [2.45, 2.75) is 0 Å². The van der Waals surface area contributed by atoms with Gasteiger partial charge in [-0.25, -0.2) is 0 Å². The summed E-state index contributed by atoms with van der Waals surface area (Å²) in [6.07, 6.45) is 0. The van der Waals surface area contributed by atoms with E-state index < -0.39 is 0 Å². The van der Waals surface area contributed by atoms with Gasteiger partial charge in [-0.15, -0.1) is 0 Å². The number of ketones is 2. The highest BCUT2D eigenvalue weighted by atomic mass is 35.5. The van der Waals surface area contributed by atoms with Crippen molar-refractivity contribution in [3.8, 4) is 0 Å². The van der Waals surface area contributed by atoms with Crippen molar-refractivity contribution >= 4 is 23.2 Å². The van der Waals surface area contributed by atoms with Crippen LogP contribution in [0, 0.1) is 0 Å². The number of Topliss-reactive ketones (excluding diaryl/α,β-unsaturated/α-hetero) is 2. The van der Waals surface area contributed by atoms with E-state index in [0.29, 0.717) is 23.2 Å². The van der Waals surface area contributed by atoms with Crippen LogP contribution in [0.1, 0.15) is 20.7 Å². The molecule has 0 bridgehead atoms. The molecule has 1 heterocycles. The fourth-order valence-corrected chi connectivity index (χ4v) is 3.01. The van der Waals surface area contributed by atoms with Crippen LogP contribution in [0.2, 0.25) is 0 Å². The molecule has 110 valence electrons. The summed E-state index contributed by atoms with van der Waals surface area (Å²) in [6, 6.07) is 6.88. The first kappa shape index (κ1) is 14.4. The van der Waals surface area contributed by atoms with Crippen molar-refractivity contribution < 1.29 is 9.59 Å². The van der Waals surface area contributed by atoms with Gasteiger partial charge in [-0.2, -0.15) is 0 Å². The van der Waals surface area contributed by atoms with Gasteiger partial charge in [-0.05, 0) is 7.05 Å². The molecule has 2 aliphatic rings. The summed E-state index contributed by atoms with van der Waals surface area (Å²) in [6.45, 7) is 4.14. The number of likely N-dealkylation sites (N-methyl/N-ethyl adjacent to an activating group) is 1. The van der Waals surface area contributed by atoms with E-state index in [0.717, 1.165) is 26.2 Å². The van der Waals surface area contributed by atoms with Gasteiger partial charge in [0.05, 0.1) is 5.03 Å². The van der Waals surface area contributed by atoms with Crippen LogP contribution >= 0.6 is 11.6 Å². The number of carbonyl (C=O) groups is 2. The quantitative estimate of drug-likeness (QED) is 0.835. The third-order valence-electron chi connectivity index (χ3n) is 4.13. The van der Waals surface area contributed by atoms with Crippen LogP contribution < -0.4 is 0 Å². The van der Waals surface area contributed by atoms with Crippen LogP contribution in [-0.4, -0.2) is 61.1 Å². The summed E-state index contributed by atoms with van der Waals surface area (Å²) >= 11 is 6.18. The van der Waals surface area contributed by atoms with E-state index in [1.807, 2.05) is 0 Å². The lowest BCUT2D eigenvalue weighted by molar-refractivity contribution is 0.0964. The van der Waals surface area contributed by atoms with Crippen LogP contribution in [0.3, 0.4) is 0 Å². The summed E-state index contributed by atoms with van der Waals surface area (Å²) < 4.78 is 0. The molecule has 5 heteroatoms. The van der Waals surface area contributed by atoms with Crippen LogP contribution in [0.5, 0.6) is 0 Å². The molecular formula is C16H17ClN2O2. The second-order valence-electron chi connectivity index (χ2n) is 5.58. The van der Waals surface area contributed by atoms with Crippen molar-refractivity contribution in [3.63, 3.8) is 0 Å². The topological polar surface area (TPSA) is 40.6 Å². The van der Waals surface area contributed by atoms with Crippen LogP contribution in [0.15, 0.2) is 34.9 Å². The zero-order valence-corrected chi connectivity index (χ0v) is 12.7. The third kappa shape index (κ3) is 2.67. The molecular weight excluding hydrogens is 288 g/mol. The molecule has 0 atom stereocenters. The molecule has 0 aromatic heterocycles. The van der Waals surface area contributed by atoms with E-state index in [-0.39, 0.29) is 16.6 Å². The van der Waals surface area contributed by atoms with Gasteiger partial charge >= 0.3 is 0 Å². The maximum absolute atomic E-state index is 12.6. The van der Waals surface area contributed by atoms with Crippen LogP contribution in [0.4, 0.5) is 0 Å². The lowest BCUT2D eigenvalue weighted by Gasteiger charge is -2.33. The molecule has 1 saturated heterocycles. The van der Waals surface area contributed by atoms with Crippen molar-refractivity contribution in [1.82, 2.24) is 9.80 Å². The van der Waals surface area contributed by atoms with Gasteiger partial charge < -0.3 is 4.90 Å². The second kappa shape index (κ2) is 5.72. The first-order valence-electron chi connectivity index (χ1n) is 7.06. The molecule has 0 unspecified atom stereocenters. The molecule has 0 radical (unpaired) electrons. The molecule has 1 aromatic rings. The minimum absolute atomic E-state index is 0.0811. The third-order valence-corrected chi connectivity index (χ3v) is 4.53. The predicted molar refractivity (Wildman–Crippen MR) is 81.9 cm³/mol. The summed E-state index contributed by atoms with van der Waals surface area (Å²) in [5, 5.41) is 0.0811. The lowest BCUT2D eigenvalue weighted by Crippen LogP contribution is -2.46. The van der Waals surface area contributed by atoms with E-state index in [1.165, 1.54) is 0 Å². The number of hydrogen-bond donors (Lipinski definition) is 0. The number of piperazine rings is 1. The standard InChI is InChI=1S/C16H17ClN2O2/c1-18-6-8-19(9-7-18)10-13-14(17)16(21)12-5-3-2-4-11(12)15(13)20/h2-5H,6-10H2,1H3. The zero-order chi connectivity index (χ0) is 15.0. The first-order chi connectivity index (χ1) is 10.1. The Labute approximate surface area is 129 Å². The molecule has 1 aliphatic carbocycles. The SMILES string of the molecule is CN1CCN(CC2=C(Cl)C(=O)c3ccccc3C2=O)CC1. The minimum atomic E-state index is -0.240. The molecule has 1 fully saturated rings. The highest BCUT2D eigenvalue weighted by Crippen LogP contribution is 2.29. The summed E-state index contributed by atoms with van der Waals surface area (Å²) in [4.78, 5) is 29.3. The largest absolute Gasteiger partial charge is 0.304 e. The molecule has 0 N–H and O–H groups in total. The molecule has 0 amide bonds. The lowest BCUT2D eigenvalue weighted by atomic mass is 9.89. The Morgan fingerprint density at radius 2 is 1.57 bits per heavy atom. The zero-order valence-electron chi connectivity index (χ0n) is 11.9. The highest BCUT2D eigenvalue weighted by Gasteiger charge is 2.32. The van der Waals surface area contributed by atoms with E-state index in [4.69, 9.17) is 11.6 Å². The number of rotatable bonds is 2. The van der Waals surface area contributed by atoms with Gasteiger partial charge in [-0.3, -0.25) is 14.5 Å². The monoisotopic (exact) mass is 304 g/mol. The van der Waals surface area contributed by atoms with Gasteiger partial charge in [0, 0.05) is 49.4 Å². The normalized spacial score (nSPS) is 20.9. The molecule has 1 aromatic carbocycles. The Hall–Kier alpha value is -1.49. The van der Waals surface area contributed by atoms with E-state index >= 15 is 0 Å². The summed E-state index contributed by atoms with van der Waals surface area (Å²) in [7, 11) is 2.08. The van der Waals surface area contributed by atoms with Crippen molar-refractivity contribution in [2.75, 3.05) is 39.8 Å². The number of carbonyl (C=O) groups excluding carboxylic acids is 2. The molecule has 21 heavy (non-hydrogen) atoms. The summed E-state index contributed by atoms with van der Waals surface area (Å²) in [5.41, 5.74) is 1.32. The second-order valence-corrected chi connectivity index (χ2v) is 5.95. The average molecular weight is 305 g/mol. The van der Waals surface area contributed by atoms with Crippen molar-refractivity contribution in [2.24, 2.45) is 0 Å². The molecule has 4 nitrogen and oxygen atoms in total. The van der Waals surface area contributed by atoms with E-state index in [2.05, 4.69) is 16.8 Å². The van der Waals surface area contributed by atoms with Crippen LogP contribution in [0.25, 0.3) is 0 Å². The number of halogens is 1. The number of fused-ring (bicyclic) bond motifs is 1. The molecule has 0 saturated carbocycles. The van der Waals surface area contributed by atoms with Crippen molar-refractivity contribution in [1.29, 1.82) is 0 Å². The number of benzene rings is 1. The van der Waals surface area contributed by atoms with Gasteiger partial charge in [0.15, 0.2) is 5.78 Å². The fourth-order valence-electron chi connectivity index (χ4n) is 2.77. The predicted octanol–water partition coefficient (Wildman–Crippen LogP) is 1.81. The maximum atomic E-state index is 12.6.